The van der Waals surface area contributed by atoms with Crippen LogP contribution in [0.2, 0.25) is 5.02 Å². The highest BCUT2D eigenvalue weighted by atomic mass is 35.5. The maximum atomic E-state index is 13.0. The molecule has 0 aliphatic rings. The second-order valence-electron chi connectivity index (χ2n) is 3.71. The topological polar surface area (TPSA) is 17.1 Å². The van der Waals surface area contributed by atoms with Gasteiger partial charge in [-0.3, -0.25) is 4.79 Å². The molecule has 0 fully saturated rings. The van der Waals surface area contributed by atoms with E-state index in [9.17, 15) is 9.18 Å². The third kappa shape index (κ3) is 2.92. The Hall–Kier alpha value is -1.67. The van der Waals surface area contributed by atoms with Crippen molar-refractivity contribution in [1.29, 1.82) is 0 Å². The van der Waals surface area contributed by atoms with Crippen LogP contribution < -0.4 is 0 Å². The molecule has 2 rings (SSSR count). The van der Waals surface area contributed by atoms with Crippen LogP contribution in [0.5, 0.6) is 0 Å². The average molecular weight is 249 g/mol. The van der Waals surface area contributed by atoms with Gasteiger partial charge < -0.3 is 0 Å². The highest BCUT2D eigenvalue weighted by Crippen LogP contribution is 2.19. The van der Waals surface area contributed by atoms with E-state index in [1.807, 2.05) is 30.3 Å². The molecule has 3 heteroatoms. The number of halogens is 2. The minimum absolute atomic E-state index is 0.180. The highest BCUT2D eigenvalue weighted by molar-refractivity contribution is 6.34. The third-order valence-corrected chi connectivity index (χ3v) is 2.77. The van der Waals surface area contributed by atoms with Crippen LogP contribution >= 0.6 is 11.6 Å². The van der Waals surface area contributed by atoms with Gasteiger partial charge in [0.1, 0.15) is 5.82 Å². The third-order valence-electron chi connectivity index (χ3n) is 2.44. The summed E-state index contributed by atoms with van der Waals surface area (Å²) in [6.07, 6.45) is 0.226. The van der Waals surface area contributed by atoms with E-state index < -0.39 is 5.82 Å². The first-order chi connectivity index (χ1) is 8.16. The lowest BCUT2D eigenvalue weighted by atomic mass is 10.0. The van der Waals surface area contributed by atoms with Crippen LogP contribution in [0.3, 0.4) is 0 Å². The van der Waals surface area contributed by atoms with Gasteiger partial charge in [-0.1, -0.05) is 41.9 Å². The first kappa shape index (κ1) is 11.8. The Morgan fingerprint density at radius 1 is 1.12 bits per heavy atom. The maximum absolute atomic E-state index is 13.0. The number of carbonyl (C=O) groups is 1. The molecule has 0 N–H and O–H groups in total. The molecule has 0 bridgehead atoms. The van der Waals surface area contributed by atoms with Crippen molar-refractivity contribution in [3.8, 4) is 0 Å². The molecule has 0 saturated heterocycles. The van der Waals surface area contributed by atoms with E-state index in [1.54, 1.807) is 0 Å². The van der Waals surface area contributed by atoms with Gasteiger partial charge in [0.25, 0.3) is 0 Å². The van der Waals surface area contributed by atoms with Gasteiger partial charge in [-0.15, -0.1) is 0 Å². The zero-order valence-electron chi connectivity index (χ0n) is 8.99. The molecule has 1 nitrogen and oxygen atoms in total. The number of carbonyl (C=O) groups excluding carboxylic acids is 1. The monoisotopic (exact) mass is 248 g/mol. The average Bonchev–Trinajstić information content (AvgIpc) is 2.33. The Labute approximate surface area is 104 Å². The van der Waals surface area contributed by atoms with Gasteiger partial charge in [0.2, 0.25) is 0 Å². The van der Waals surface area contributed by atoms with E-state index in [4.69, 9.17) is 11.6 Å². The molecule has 2 aromatic carbocycles. The lowest BCUT2D eigenvalue weighted by Crippen LogP contribution is -2.04. The number of hydrogen-bond acceptors (Lipinski definition) is 1. The van der Waals surface area contributed by atoms with Crippen molar-refractivity contribution >= 4 is 17.4 Å². The van der Waals surface area contributed by atoms with Crippen LogP contribution in [0.15, 0.2) is 48.5 Å². The van der Waals surface area contributed by atoms with E-state index in [1.165, 1.54) is 18.2 Å². The quantitative estimate of drug-likeness (QED) is 0.753. The number of ketones is 1. The molecule has 2 aromatic rings. The van der Waals surface area contributed by atoms with E-state index >= 15 is 0 Å². The molecule has 0 aromatic heterocycles. The summed E-state index contributed by atoms with van der Waals surface area (Å²) in [4.78, 5) is 11.9. The summed E-state index contributed by atoms with van der Waals surface area (Å²) in [6.45, 7) is 0. The first-order valence-electron chi connectivity index (χ1n) is 5.19. The SMILES string of the molecule is O=C(Cc1ccccc1)c1cc(F)ccc1Cl. The predicted octanol–water partition coefficient (Wildman–Crippen LogP) is 3.90. The van der Waals surface area contributed by atoms with Crippen molar-refractivity contribution in [2.24, 2.45) is 0 Å². The van der Waals surface area contributed by atoms with Crippen molar-refractivity contribution in [2.75, 3.05) is 0 Å². The maximum Gasteiger partial charge on any atom is 0.168 e. The molecule has 0 atom stereocenters. The van der Waals surface area contributed by atoms with Crippen LogP contribution in [0.25, 0.3) is 0 Å². The molecule has 17 heavy (non-hydrogen) atoms. The standard InChI is InChI=1S/C14H10ClFO/c15-13-7-6-11(16)9-12(13)14(17)8-10-4-2-1-3-5-10/h1-7,9H,8H2. The van der Waals surface area contributed by atoms with E-state index in [2.05, 4.69) is 0 Å². The van der Waals surface area contributed by atoms with Crippen molar-refractivity contribution in [2.45, 2.75) is 6.42 Å². The second kappa shape index (κ2) is 5.11. The molecule has 0 saturated carbocycles. The molecular weight excluding hydrogens is 239 g/mol. The zero-order valence-corrected chi connectivity index (χ0v) is 9.75. The zero-order chi connectivity index (χ0) is 12.3. The molecule has 0 heterocycles. The Morgan fingerprint density at radius 3 is 2.53 bits per heavy atom. The summed E-state index contributed by atoms with van der Waals surface area (Å²) < 4.78 is 13.0. The van der Waals surface area contributed by atoms with Crippen molar-refractivity contribution < 1.29 is 9.18 Å². The number of Topliss-reactive ketones (excluding diaryl/α,β-unsaturated/α-hetero) is 1. The lowest BCUT2D eigenvalue weighted by molar-refractivity contribution is 0.0992. The van der Waals surface area contributed by atoms with E-state index in [0.717, 1.165) is 5.56 Å². The van der Waals surface area contributed by atoms with Crippen LogP contribution in [-0.4, -0.2) is 5.78 Å². The lowest BCUT2D eigenvalue weighted by Gasteiger charge is -2.04. The van der Waals surface area contributed by atoms with E-state index in [-0.39, 0.29) is 22.8 Å². The minimum Gasteiger partial charge on any atom is -0.294 e. The van der Waals surface area contributed by atoms with Crippen LogP contribution in [0.4, 0.5) is 4.39 Å². The van der Waals surface area contributed by atoms with Crippen LogP contribution in [-0.2, 0) is 6.42 Å². The fourth-order valence-electron chi connectivity index (χ4n) is 1.59. The molecule has 0 amide bonds. The minimum atomic E-state index is -0.453. The molecule has 0 spiro atoms. The van der Waals surface area contributed by atoms with Crippen molar-refractivity contribution in [1.82, 2.24) is 0 Å². The molecule has 86 valence electrons. The Kier molecular flexibility index (Phi) is 3.55. The smallest absolute Gasteiger partial charge is 0.168 e. The summed E-state index contributed by atoms with van der Waals surface area (Å²) in [5.74, 6) is -0.633. The van der Waals surface area contributed by atoms with Gasteiger partial charge in [-0.25, -0.2) is 4.39 Å². The Bertz CT molecular complexity index is 537. The predicted molar refractivity (Wildman–Crippen MR) is 65.9 cm³/mol. The number of rotatable bonds is 3. The summed E-state index contributed by atoms with van der Waals surface area (Å²) >= 11 is 5.87. The fourth-order valence-corrected chi connectivity index (χ4v) is 1.81. The van der Waals surface area contributed by atoms with Crippen LogP contribution in [0, 0.1) is 5.82 Å². The Morgan fingerprint density at radius 2 is 1.82 bits per heavy atom. The molecule has 0 aliphatic heterocycles. The molecule has 0 aliphatic carbocycles. The van der Waals surface area contributed by atoms with Gasteiger partial charge >= 0.3 is 0 Å². The largest absolute Gasteiger partial charge is 0.294 e. The Balaban J connectivity index is 2.23. The summed E-state index contributed by atoms with van der Waals surface area (Å²) in [5.41, 5.74) is 1.12. The van der Waals surface area contributed by atoms with Gasteiger partial charge in [0.15, 0.2) is 5.78 Å². The van der Waals surface area contributed by atoms with Crippen LogP contribution in [0.1, 0.15) is 15.9 Å². The second-order valence-corrected chi connectivity index (χ2v) is 4.12. The highest BCUT2D eigenvalue weighted by Gasteiger charge is 2.11. The molecular formula is C14H10ClFO. The summed E-state index contributed by atoms with van der Waals surface area (Å²) in [7, 11) is 0. The van der Waals surface area contributed by atoms with Gasteiger partial charge in [0, 0.05) is 12.0 Å². The fraction of sp³-hybridized carbons (Fsp3) is 0.0714. The summed E-state index contributed by atoms with van der Waals surface area (Å²) in [6, 6.07) is 13.1. The number of hydrogen-bond donors (Lipinski definition) is 0. The normalized spacial score (nSPS) is 10.2. The molecule has 0 unspecified atom stereocenters. The van der Waals surface area contributed by atoms with Gasteiger partial charge in [0.05, 0.1) is 5.02 Å². The number of benzene rings is 2. The first-order valence-corrected chi connectivity index (χ1v) is 5.57. The van der Waals surface area contributed by atoms with Crippen molar-refractivity contribution in [3.63, 3.8) is 0 Å². The molecule has 0 radical (unpaired) electrons. The summed E-state index contributed by atoms with van der Waals surface area (Å²) in [5, 5.41) is 0.285. The van der Waals surface area contributed by atoms with Crippen molar-refractivity contribution in [3.05, 3.63) is 70.5 Å². The van der Waals surface area contributed by atoms with E-state index in [0.29, 0.717) is 0 Å². The van der Waals surface area contributed by atoms with Gasteiger partial charge in [-0.2, -0.15) is 0 Å². The van der Waals surface area contributed by atoms with Gasteiger partial charge in [-0.05, 0) is 23.8 Å².